The SMILES string of the molecule is C[C@@H](CCc1ccccc1)NC(=O)[C@H](c1ccccc1)N(C)S(C)(=O)=O. The summed E-state index contributed by atoms with van der Waals surface area (Å²) in [6.45, 7) is 1.93. The van der Waals surface area contributed by atoms with E-state index < -0.39 is 16.1 Å². The Hall–Kier alpha value is -2.18. The second-order valence-electron chi connectivity index (χ2n) is 6.53. The fraction of sp³-hybridized carbons (Fsp3) is 0.350. The number of rotatable bonds is 8. The van der Waals surface area contributed by atoms with Gasteiger partial charge in [-0.05, 0) is 30.9 Å². The van der Waals surface area contributed by atoms with Crippen molar-refractivity contribution in [3.05, 3.63) is 71.8 Å². The zero-order valence-corrected chi connectivity index (χ0v) is 16.2. The first kappa shape index (κ1) is 20.1. The quantitative estimate of drug-likeness (QED) is 0.773. The van der Waals surface area contributed by atoms with Crippen molar-refractivity contribution in [2.24, 2.45) is 0 Å². The van der Waals surface area contributed by atoms with Gasteiger partial charge in [-0.25, -0.2) is 8.42 Å². The predicted molar refractivity (Wildman–Crippen MR) is 104 cm³/mol. The molecule has 2 atom stereocenters. The van der Waals surface area contributed by atoms with Crippen molar-refractivity contribution < 1.29 is 13.2 Å². The molecule has 0 aliphatic carbocycles. The highest BCUT2D eigenvalue weighted by Gasteiger charge is 2.31. The summed E-state index contributed by atoms with van der Waals surface area (Å²) < 4.78 is 25.1. The average Bonchev–Trinajstić information content (AvgIpc) is 2.61. The van der Waals surface area contributed by atoms with Gasteiger partial charge in [-0.3, -0.25) is 4.79 Å². The first-order valence-electron chi connectivity index (χ1n) is 8.61. The summed E-state index contributed by atoms with van der Waals surface area (Å²) in [6, 6.07) is 18.1. The molecular weight excluding hydrogens is 348 g/mol. The van der Waals surface area contributed by atoms with Gasteiger partial charge in [-0.15, -0.1) is 0 Å². The Kier molecular flexibility index (Phi) is 6.94. The lowest BCUT2D eigenvalue weighted by molar-refractivity contribution is -0.125. The number of benzene rings is 2. The molecule has 0 heterocycles. The Morgan fingerprint density at radius 3 is 2.12 bits per heavy atom. The molecule has 5 nitrogen and oxygen atoms in total. The third-order valence-electron chi connectivity index (χ3n) is 4.35. The maximum Gasteiger partial charge on any atom is 0.243 e. The largest absolute Gasteiger partial charge is 0.352 e. The van der Waals surface area contributed by atoms with Gasteiger partial charge in [0.1, 0.15) is 6.04 Å². The first-order chi connectivity index (χ1) is 12.3. The standard InChI is InChI=1S/C20H26N2O3S/c1-16(14-15-17-10-6-4-7-11-17)21-20(23)19(22(2)26(3,24)25)18-12-8-5-9-13-18/h4-13,16,19H,14-15H2,1-3H3,(H,21,23)/t16-,19-/m0/s1. The van der Waals surface area contributed by atoms with Crippen molar-refractivity contribution >= 4 is 15.9 Å². The molecule has 1 amide bonds. The van der Waals surface area contributed by atoms with Gasteiger partial charge in [-0.1, -0.05) is 60.7 Å². The molecule has 0 spiro atoms. The van der Waals surface area contributed by atoms with Gasteiger partial charge < -0.3 is 5.32 Å². The summed E-state index contributed by atoms with van der Waals surface area (Å²) in [5.74, 6) is -0.315. The molecule has 0 bridgehead atoms. The van der Waals surface area contributed by atoms with Gasteiger partial charge in [0.15, 0.2) is 0 Å². The summed E-state index contributed by atoms with van der Waals surface area (Å²) >= 11 is 0. The molecule has 1 N–H and O–H groups in total. The lowest BCUT2D eigenvalue weighted by Crippen LogP contribution is -2.44. The van der Waals surface area contributed by atoms with Gasteiger partial charge >= 0.3 is 0 Å². The number of nitrogens with zero attached hydrogens (tertiary/aromatic N) is 1. The van der Waals surface area contributed by atoms with Gasteiger partial charge in [0.05, 0.1) is 6.26 Å². The normalized spacial score (nSPS) is 14.0. The third-order valence-corrected chi connectivity index (χ3v) is 5.60. The van der Waals surface area contributed by atoms with Crippen molar-refractivity contribution in [2.75, 3.05) is 13.3 Å². The second kappa shape index (κ2) is 8.96. The zero-order valence-electron chi connectivity index (χ0n) is 15.4. The average molecular weight is 375 g/mol. The lowest BCUT2D eigenvalue weighted by atomic mass is 10.0. The molecule has 6 heteroatoms. The highest BCUT2D eigenvalue weighted by molar-refractivity contribution is 7.88. The maximum absolute atomic E-state index is 12.8. The van der Waals surface area contributed by atoms with Crippen molar-refractivity contribution in [2.45, 2.75) is 31.8 Å². The number of nitrogens with one attached hydrogen (secondary N) is 1. The Bertz CT molecular complexity index is 807. The van der Waals surface area contributed by atoms with E-state index in [9.17, 15) is 13.2 Å². The minimum Gasteiger partial charge on any atom is -0.352 e. The van der Waals surface area contributed by atoms with Crippen LogP contribution in [0.5, 0.6) is 0 Å². The number of aryl methyl sites for hydroxylation is 1. The Morgan fingerprint density at radius 1 is 1.04 bits per heavy atom. The smallest absolute Gasteiger partial charge is 0.243 e. The van der Waals surface area contributed by atoms with Crippen molar-refractivity contribution in [3.8, 4) is 0 Å². The Labute approximate surface area is 156 Å². The van der Waals surface area contributed by atoms with Crippen LogP contribution < -0.4 is 5.32 Å². The van der Waals surface area contributed by atoms with Crippen molar-refractivity contribution in [3.63, 3.8) is 0 Å². The van der Waals surface area contributed by atoms with E-state index in [1.165, 1.54) is 12.6 Å². The van der Waals surface area contributed by atoms with Crippen molar-refractivity contribution in [1.29, 1.82) is 0 Å². The molecular formula is C20H26N2O3S. The van der Waals surface area contributed by atoms with Crippen LogP contribution in [0.4, 0.5) is 0 Å². The monoisotopic (exact) mass is 374 g/mol. The molecule has 26 heavy (non-hydrogen) atoms. The van der Waals surface area contributed by atoms with E-state index in [0.29, 0.717) is 5.56 Å². The molecule has 0 aromatic heterocycles. The van der Waals surface area contributed by atoms with Crippen LogP contribution >= 0.6 is 0 Å². The maximum atomic E-state index is 12.8. The van der Waals surface area contributed by atoms with Crippen LogP contribution in [0.2, 0.25) is 0 Å². The van der Waals surface area contributed by atoms with Crippen molar-refractivity contribution in [1.82, 2.24) is 9.62 Å². The molecule has 2 aromatic rings. The summed E-state index contributed by atoms with van der Waals surface area (Å²) in [5, 5.41) is 2.96. The van der Waals surface area contributed by atoms with E-state index in [1.807, 2.05) is 31.2 Å². The molecule has 0 radical (unpaired) electrons. The molecule has 2 aromatic carbocycles. The van der Waals surface area contributed by atoms with E-state index in [-0.39, 0.29) is 11.9 Å². The number of hydrogen-bond acceptors (Lipinski definition) is 3. The molecule has 2 rings (SSSR count). The van der Waals surface area contributed by atoms with Crippen LogP contribution in [-0.2, 0) is 21.2 Å². The second-order valence-corrected chi connectivity index (χ2v) is 8.57. The minimum absolute atomic E-state index is 0.0677. The Balaban J connectivity index is 2.08. The molecule has 140 valence electrons. The molecule has 0 aliphatic rings. The van der Waals surface area contributed by atoms with E-state index in [1.54, 1.807) is 24.3 Å². The van der Waals surface area contributed by atoms with E-state index in [0.717, 1.165) is 23.4 Å². The third kappa shape index (κ3) is 5.68. The fourth-order valence-corrected chi connectivity index (χ4v) is 3.38. The summed E-state index contributed by atoms with van der Waals surface area (Å²) in [5.41, 5.74) is 1.86. The number of hydrogen-bond donors (Lipinski definition) is 1. The topological polar surface area (TPSA) is 66.5 Å². The number of sulfonamides is 1. The molecule has 0 saturated carbocycles. The fourth-order valence-electron chi connectivity index (χ4n) is 2.78. The molecule has 0 unspecified atom stereocenters. The lowest BCUT2D eigenvalue weighted by Gasteiger charge is -2.27. The van der Waals surface area contributed by atoms with Crippen LogP contribution in [0.15, 0.2) is 60.7 Å². The van der Waals surface area contributed by atoms with Crippen LogP contribution in [0.3, 0.4) is 0 Å². The summed E-state index contributed by atoms with van der Waals surface area (Å²) in [7, 11) is -2.08. The summed E-state index contributed by atoms with van der Waals surface area (Å²) in [4.78, 5) is 12.8. The summed E-state index contributed by atoms with van der Waals surface area (Å²) in [6.07, 6.45) is 2.73. The predicted octanol–water partition coefficient (Wildman–Crippen LogP) is 2.76. The van der Waals surface area contributed by atoms with Gasteiger partial charge in [0, 0.05) is 13.1 Å². The number of carbonyl (C=O) groups is 1. The van der Waals surface area contributed by atoms with Gasteiger partial charge in [0.2, 0.25) is 15.9 Å². The van der Waals surface area contributed by atoms with Crippen LogP contribution in [0, 0.1) is 0 Å². The molecule has 0 saturated heterocycles. The van der Waals surface area contributed by atoms with Crippen LogP contribution in [0.25, 0.3) is 0 Å². The van der Waals surface area contributed by atoms with Gasteiger partial charge in [0.25, 0.3) is 0 Å². The highest BCUT2D eigenvalue weighted by atomic mass is 32.2. The van der Waals surface area contributed by atoms with Gasteiger partial charge in [-0.2, -0.15) is 4.31 Å². The first-order valence-corrected chi connectivity index (χ1v) is 10.5. The Morgan fingerprint density at radius 2 is 1.58 bits per heavy atom. The number of likely N-dealkylation sites (N-methyl/N-ethyl adjacent to an activating group) is 1. The molecule has 0 fully saturated rings. The van der Waals surface area contributed by atoms with Crippen LogP contribution in [-0.4, -0.2) is 38.0 Å². The number of amides is 1. The number of carbonyl (C=O) groups excluding carboxylic acids is 1. The highest BCUT2D eigenvalue weighted by Crippen LogP contribution is 2.22. The minimum atomic E-state index is -3.51. The van der Waals surface area contributed by atoms with E-state index >= 15 is 0 Å². The molecule has 0 aliphatic heterocycles. The van der Waals surface area contributed by atoms with Crippen LogP contribution in [0.1, 0.15) is 30.5 Å². The van der Waals surface area contributed by atoms with E-state index in [2.05, 4.69) is 17.4 Å². The van der Waals surface area contributed by atoms with E-state index in [4.69, 9.17) is 0 Å². The zero-order chi connectivity index (χ0) is 19.2.